The van der Waals surface area contributed by atoms with Gasteiger partial charge in [0.15, 0.2) is 0 Å². The summed E-state index contributed by atoms with van der Waals surface area (Å²) in [5, 5.41) is 9.16. The van der Waals surface area contributed by atoms with E-state index < -0.39 is 5.97 Å². The van der Waals surface area contributed by atoms with Crippen LogP contribution in [0.4, 0.5) is 0 Å². The van der Waals surface area contributed by atoms with Crippen LogP contribution in [-0.4, -0.2) is 16.1 Å². The summed E-state index contributed by atoms with van der Waals surface area (Å²) in [5.74, 6) is 0.861. The summed E-state index contributed by atoms with van der Waals surface area (Å²) in [6, 6.07) is 1.80. The summed E-state index contributed by atoms with van der Waals surface area (Å²) in [6.45, 7) is 7.64. The van der Waals surface area contributed by atoms with Crippen molar-refractivity contribution in [3.8, 4) is 11.5 Å². The van der Waals surface area contributed by atoms with Gasteiger partial charge >= 0.3 is 5.97 Å². The van der Waals surface area contributed by atoms with Gasteiger partial charge in [-0.1, -0.05) is 13.8 Å². The van der Waals surface area contributed by atoms with Crippen molar-refractivity contribution in [3.05, 3.63) is 29.0 Å². The molecular formula is C14H17NO4. The first-order chi connectivity index (χ1) is 8.88. The van der Waals surface area contributed by atoms with Crippen molar-refractivity contribution in [2.75, 3.05) is 0 Å². The molecule has 2 rings (SSSR count). The molecule has 0 aliphatic carbocycles. The zero-order chi connectivity index (χ0) is 14.2. The van der Waals surface area contributed by atoms with Crippen LogP contribution in [-0.2, 0) is 6.42 Å². The van der Waals surface area contributed by atoms with Crippen LogP contribution in [0.1, 0.15) is 41.6 Å². The highest BCUT2D eigenvalue weighted by molar-refractivity contribution is 5.86. The second-order valence-electron chi connectivity index (χ2n) is 5.02. The summed E-state index contributed by atoms with van der Waals surface area (Å²) in [4.78, 5) is 15.5. The molecule has 2 aromatic heterocycles. The van der Waals surface area contributed by atoms with Crippen LogP contribution in [0.3, 0.4) is 0 Å². The van der Waals surface area contributed by atoms with Crippen molar-refractivity contribution < 1.29 is 18.7 Å². The third kappa shape index (κ3) is 2.70. The lowest BCUT2D eigenvalue weighted by atomic mass is 10.1. The molecule has 2 aromatic rings. The van der Waals surface area contributed by atoms with Gasteiger partial charge in [-0.25, -0.2) is 9.78 Å². The van der Waals surface area contributed by atoms with Gasteiger partial charge in [0, 0.05) is 0 Å². The van der Waals surface area contributed by atoms with Gasteiger partial charge in [-0.05, 0) is 32.3 Å². The lowest BCUT2D eigenvalue weighted by Gasteiger charge is -1.99. The number of carboxylic acids is 1. The molecule has 0 unspecified atom stereocenters. The topological polar surface area (TPSA) is 76.5 Å². The van der Waals surface area contributed by atoms with E-state index in [4.69, 9.17) is 13.9 Å². The molecule has 0 aliphatic heterocycles. The number of carbonyl (C=O) groups is 1. The molecule has 0 aromatic carbocycles. The van der Waals surface area contributed by atoms with E-state index in [2.05, 4.69) is 4.98 Å². The number of furan rings is 1. The fourth-order valence-electron chi connectivity index (χ4n) is 2.00. The number of rotatable bonds is 4. The number of aryl methyl sites for hydroxylation is 2. The first-order valence-corrected chi connectivity index (χ1v) is 6.19. The number of hydrogen-bond donors (Lipinski definition) is 1. The number of nitrogens with zero attached hydrogens (tertiary/aromatic N) is 1. The molecule has 0 bridgehead atoms. The summed E-state index contributed by atoms with van der Waals surface area (Å²) in [5.41, 5.74) is 1.19. The molecule has 5 heteroatoms. The molecule has 0 atom stereocenters. The van der Waals surface area contributed by atoms with E-state index in [0.29, 0.717) is 35.2 Å². The maximum Gasteiger partial charge on any atom is 0.373 e. The normalized spacial score (nSPS) is 11.2. The first kappa shape index (κ1) is 13.4. The second-order valence-corrected chi connectivity index (χ2v) is 5.02. The van der Waals surface area contributed by atoms with Gasteiger partial charge in [0.2, 0.25) is 11.7 Å². The minimum atomic E-state index is -1.09. The number of hydrogen-bond acceptors (Lipinski definition) is 4. The molecule has 0 saturated carbocycles. The maximum atomic E-state index is 11.2. The Hall–Kier alpha value is -2.04. The van der Waals surface area contributed by atoms with Crippen LogP contribution in [0.25, 0.3) is 11.5 Å². The summed E-state index contributed by atoms with van der Waals surface area (Å²) in [6.07, 6.45) is 0.570. The second kappa shape index (κ2) is 4.91. The van der Waals surface area contributed by atoms with Crippen molar-refractivity contribution in [2.24, 2.45) is 5.92 Å². The highest BCUT2D eigenvalue weighted by Crippen LogP contribution is 2.28. The van der Waals surface area contributed by atoms with Crippen molar-refractivity contribution in [1.29, 1.82) is 0 Å². The zero-order valence-electron chi connectivity index (χ0n) is 11.5. The van der Waals surface area contributed by atoms with Crippen LogP contribution in [0.15, 0.2) is 14.9 Å². The minimum Gasteiger partial charge on any atom is -0.475 e. The Morgan fingerprint density at radius 1 is 1.37 bits per heavy atom. The average Bonchev–Trinajstić information content (AvgIpc) is 2.81. The number of aromatic nitrogens is 1. The van der Waals surface area contributed by atoms with Gasteiger partial charge in [-0.2, -0.15) is 0 Å². The predicted octanol–water partition coefficient (Wildman–Crippen LogP) is 3.45. The Morgan fingerprint density at radius 3 is 2.53 bits per heavy atom. The average molecular weight is 263 g/mol. The van der Waals surface area contributed by atoms with Crippen molar-refractivity contribution >= 4 is 5.97 Å². The molecule has 0 radical (unpaired) electrons. The highest BCUT2D eigenvalue weighted by atomic mass is 16.4. The van der Waals surface area contributed by atoms with Crippen LogP contribution < -0.4 is 0 Å². The van der Waals surface area contributed by atoms with Crippen LogP contribution in [0.5, 0.6) is 0 Å². The fraction of sp³-hybridized carbons (Fsp3) is 0.429. The molecule has 0 saturated heterocycles. The van der Waals surface area contributed by atoms with Crippen molar-refractivity contribution in [3.63, 3.8) is 0 Å². The highest BCUT2D eigenvalue weighted by Gasteiger charge is 2.22. The molecule has 1 N–H and O–H groups in total. The Labute approximate surface area is 111 Å². The Balaban J connectivity index is 2.48. The summed E-state index contributed by atoms with van der Waals surface area (Å²) >= 11 is 0. The van der Waals surface area contributed by atoms with Gasteiger partial charge in [0.1, 0.15) is 11.5 Å². The van der Waals surface area contributed by atoms with E-state index in [-0.39, 0.29) is 5.76 Å². The van der Waals surface area contributed by atoms with Crippen molar-refractivity contribution in [1.82, 2.24) is 4.98 Å². The van der Waals surface area contributed by atoms with Crippen LogP contribution >= 0.6 is 0 Å². The lowest BCUT2D eigenvalue weighted by Crippen LogP contribution is -2.03. The van der Waals surface area contributed by atoms with E-state index in [1.165, 1.54) is 0 Å². The molecule has 0 spiro atoms. The largest absolute Gasteiger partial charge is 0.475 e. The molecule has 102 valence electrons. The predicted molar refractivity (Wildman–Crippen MR) is 69.2 cm³/mol. The van der Waals surface area contributed by atoms with E-state index >= 15 is 0 Å². The Bertz CT molecular complexity index is 607. The third-order valence-corrected chi connectivity index (χ3v) is 2.76. The molecule has 5 nitrogen and oxygen atoms in total. The van der Waals surface area contributed by atoms with Gasteiger partial charge in [-0.3, -0.25) is 0 Å². The van der Waals surface area contributed by atoms with E-state index in [1.54, 1.807) is 13.0 Å². The molecule has 19 heavy (non-hydrogen) atoms. The molecule has 0 amide bonds. The number of aromatic carboxylic acids is 1. The third-order valence-electron chi connectivity index (χ3n) is 2.76. The van der Waals surface area contributed by atoms with Crippen LogP contribution in [0.2, 0.25) is 0 Å². The van der Waals surface area contributed by atoms with Gasteiger partial charge in [0.25, 0.3) is 0 Å². The van der Waals surface area contributed by atoms with E-state index in [9.17, 15) is 4.79 Å². The van der Waals surface area contributed by atoms with Gasteiger partial charge in [-0.15, -0.1) is 0 Å². The Morgan fingerprint density at radius 2 is 2.05 bits per heavy atom. The monoisotopic (exact) mass is 263 g/mol. The van der Waals surface area contributed by atoms with Crippen molar-refractivity contribution in [2.45, 2.75) is 34.1 Å². The number of carboxylic acid groups (broad SMARTS) is 1. The zero-order valence-corrected chi connectivity index (χ0v) is 11.5. The maximum absolute atomic E-state index is 11.2. The molecule has 2 heterocycles. The number of oxazole rings is 1. The first-order valence-electron chi connectivity index (χ1n) is 6.19. The smallest absolute Gasteiger partial charge is 0.373 e. The van der Waals surface area contributed by atoms with E-state index in [1.807, 2.05) is 20.8 Å². The summed E-state index contributed by atoms with van der Waals surface area (Å²) in [7, 11) is 0. The molecule has 0 fully saturated rings. The Kier molecular flexibility index (Phi) is 3.46. The SMILES string of the molecule is Cc1cc(-c2nc(CC(C)C)c(C(=O)O)o2)c(C)o1. The molecular weight excluding hydrogens is 246 g/mol. The van der Waals surface area contributed by atoms with E-state index in [0.717, 1.165) is 5.76 Å². The standard InChI is InChI=1S/C14H17NO4/c1-7(2)5-11-12(14(16)17)19-13(15-11)10-6-8(3)18-9(10)4/h6-7H,5H2,1-4H3,(H,16,17). The van der Waals surface area contributed by atoms with Crippen LogP contribution in [0, 0.1) is 19.8 Å². The minimum absolute atomic E-state index is 0.0815. The fourth-order valence-corrected chi connectivity index (χ4v) is 2.00. The van der Waals surface area contributed by atoms with Gasteiger partial charge in [0.05, 0.1) is 11.3 Å². The quantitative estimate of drug-likeness (QED) is 0.914. The van der Waals surface area contributed by atoms with Gasteiger partial charge < -0.3 is 13.9 Å². The molecule has 0 aliphatic rings. The summed E-state index contributed by atoms with van der Waals surface area (Å²) < 4.78 is 10.8. The lowest BCUT2D eigenvalue weighted by molar-refractivity contribution is 0.0661.